The normalized spacial score (nSPS) is 11.6. The Kier molecular flexibility index (Phi) is 7.42. The lowest BCUT2D eigenvalue weighted by Crippen LogP contribution is -2.36. The van der Waals surface area contributed by atoms with E-state index < -0.39 is 15.9 Å². The summed E-state index contributed by atoms with van der Waals surface area (Å²) in [5, 5.41) is 3.40. The fraction of sp³-hybridized carbons (Fsp3) is 0.750. The van der Waals surface area contributed by atoms with Crippen LogP contribution in [0.2, 0.25) is 0 Å². The molecule has 1 amide bonds. The second-order valence-electron chi connectivity index (χ2n) is 4.49. The highest BCUT2D eigenvalue weighted by molar-refractivity contribution is 7.91. The number of rotatable bonds is 9. The number of aromatic nitrogens is 3. The first-order chi connectivity index (χ1) is 10.5. The zero-order chi connectivity index (χ0) is 16.6. The van der Waals surface area contributed by atoms with E-state index in [1.165, 1.54) is 7.11 Å². The molecule has 0 unspecified atom stereocenters. The highest BCUT2D eigenvalue weighted by Crippen LogP contribution is 2.05. The molecular weight excluding hydrogens is 312 g/mol. The van der Waals surface area contributed by atoms with Gasteiger partial charge in [0.15, 0.2) is 0 Å². The highest BCUT2D eigenvalue weighted by Gasteiger charge is 2.22. The van der Waals surface area contributed by atoms with Gasteiger partial charge in [0, 0.05) is 33.9 Å². The molecule has 1 rings (SSSR count). The van der Waals surface area contributed by atoms with Crippen molar-refractivity contribution in [2.75, 3.05) is 46.3 Å². The number of amides is 1. The van der Waals surface area contributed by atoms with Gasteiger partial charge in [-0.1, -0.05) is 0 Å². The van der Waals surface area contributed by atoms with Gasteiger partial charge in [-0.15, -0.1) is 5.10 Å². The van der Waals surface area contributed by atoms with E-state index in [4.69, 9.17) is 9.47 Å². The number of nitrogens with zero attached hydrogens (tertiary/aromatic N) is 4. The van der Waals surface area contributed by atoms with E-state index in [0.29, 0.717) is 26.1 Å². The van der Waals surface area contributed by atoms with E-state index in [1.807, 2.05) is 6.92 Å². The molecule has 0 bridgehead atoms. The van der Waals surface area contributed by atoms with Crippen molar-refractivity contribution in [1.29, 1.82) is 0 Å². The SMILES string of the molecule is CCN(CCCOC)C(=O)n1cnc(S(=O)(=O)CCOC)n1. The third kappa shape index (κ3) is 5.04. The predicted octanol–water partition coefficient (Wildman–Crippen LogP) is 0.0247. The van der Waals surface area contributed by atoms with Crippen molar-refractivity contribution in [3.8, 4) is 0 Å². The van der Waals surface area contributed by atoms with Crippen LogP contribution < -0.4 is 0 Å². The van der Waals surface area contributed by atoms with Crippen LogP contribution in [0, 0.1) is 0 Å². The van der Waals surface area contributed by atoms with Crippen molar-refractivity contribution in [3.05, 3.63) is 6.33 Å². The van der Waals surface area contributed by atoms with Crippen molar-refractivity contribution >= 4 is 15.9 Å². The molecule has 22 heavy (non-hydrogen) atoms. The maximum Gasteiger partial charge on any atom is 0.346 e. The van der Waals surface area contributed by atoms with Crippen LogP contribution >= 0.6 is 0 Å². The molecule has 0 saturated heterocycles. The number of carbonyl (C=O) groups excluding carboxylic acids is 1. The highest BCUT2D eigenvalue weighted by atomic mass is 32.2. The van der Waals surface area contributed by atoms with Gasteiger partial charge >= 0.3 is 6.03 Å². The van der Waals surface area contributed by atoms with Crippen LogP contribution in [-0.4, -0.2) is 80.4 Å². The van der Waals surface area contributed by atoms with Crippen LogP contribution in [-0.2, 0) is 19.3 Å². The number of methoxy groups -OCH3 is 2. The molecule has 126 valence electrons. The molecular formula is C12H22N4O5S. The summed E-state index contributed by atoms with van der Waals surface area (Å²) < 4.78 is 34.5. The first-order valence-electron chi connectivity index (χ1n) is 6.87. The molecule has 0 N–H and O–H groups in total. The van der Waals surface area contributed by atoms with Gasteiger partial charge in [0.05, 0.1) is 12.4 Å². The van der Waals surface area contributed by atoms with Crippen LogP contribution in [0.3, 0.4) is 0 Å². The summed E-state index contributed by atoms with van der Waals surface area (Å²) in [6.45, 7) is 3.39. The lowest BCUT2D eigenvalue weighted by atomic mass is 10.4. The summed E-state index contributed by atoms with van der Waals surface area (Å²) >= 11 is 0. The molecule has 0 spiro atoms. The lowest BCUT2D eigenvalue weighted by molar-refractivity contribution is 0.169. The van der Waals surface area contributed by atoms with Crippen LogP contribution in [0.4, 0.5) is 4.79 Å². The Bertz CT molecular complexity index is 572. The first kappa shape index (κ1) is 18.5. The molecule has 0 aromatic carbocycles. The quantitative estimate of drug-likeness (QED) is 0.587. The second kappa shape index (κ2) is 8.81. The Hall–Kier alpha value is -1.52. The van der Waals surface area contributed by atoms with E-state index in [0.717, 1.165) is 11.0 Å². The van der Waals surface area contributed by atoms with Gasteiger partial charge in [0.25, 0.3) is 5.16 Å². The monoisotopic (exact) mass is 334 g/mol. The first-order valence-corrected chi connectivity index (χ1v) is 8.53. The third-order valence-corrected chi connectivity index (χ3v) is 4.38. The number of hydrogen-bond acceptors (Lipinski definition) is 7. The number of hydrogen-bond donors (Lipinski definition) is 0. The summed E-state index contributed by atoms with van der Waals surface area (Å²) in [5.41, 5.74) is 0. The van der Waals surface area contributed by atoms with Crippen molar-refractivity contribution in [1.82, 2.24) is 19.7 Å². The summed E-state index contributed by atoms with van der Waals surface area (Å²) in [4.78, 5) is 17.5. The average molecular weight is 334 g/mol. The number of sulfone groups is 1. The molecule has 1 heterocycles. The van der Waals surface area contributed by atoms with E-state index in [9.17, 15) is 13.2 Å². The number of carbonyl (C=O) groups is 1. The van der Waals surface area contributed by atoms with Crippen molar-refractivity contribution in [3.63, 3.8) is 0 Å². The van der Waals surface area contributed by atoms with E-state index >= 15 is 0 Å². The predicted molar refractivity (Wildman–Crippen MR) is 78.5 cm³/mol. The summed E-state index contributed by atoms with van der Waals surface area (Å²) in [6, 6.07) is -0.417. The molecule has 0 aliphatic rings. The molecule has 0 aliphatic carbocycles. The minimum absolute atomic E-state index is 0.0446. The molecule has 0 radical (unpaired) electrons. The minimum atomic E-state index is -3.65. The van der Waals surface area contributed by atoms with Gasteiger partial charge in [-0.05, 0) is 13.3 Å². The van der Waals surface area contributed by atoms with E-state index in [2.05, 4.69) is 10.1 Å². The van der Waals surface area contributed by atoms with E-state index in [-0.39, 0.29) is 17.5 Å². The Morgan fingerprint density at radius 3 is 2.59 bits per heavy atom. The van der Waals surface area contributed by atoms with Gasteiger partial charge in [0.1, 0.15) is 6.33 Å². The van der Waals surface area contributed by atoms with Crippen LogP contribution in [0.1, 0.15) is 13.3 Å². The molecule has 1 aromatic heterocycles. The molecule has 0 saturated carbocycles. The molecule has 1 aromatic rings. The Morgan fingerprint density at radius 1 is 1.32 bits per heavy atom. The molecule has 10 heteroatoms. The summed E-state index contributed by atoms with van der Waals surface area (Å²) in [7, 11) is -0.650. The Balaban J connectivity index is 2.79. The smallest absolute Gasteiger partial charge is 0.346 e. The van der Waals surface area contributed by atoms with Gasteiger partial charge in [-0.2, -0.15) is 4.68 Å². The summed E-state index contributed by atoms with van der Waals surface area (Å²) in [5.74, 6) is -0.229. The standard InChI is InChI=1S/C12H22N4O5S/c1-4-15(6-5-7-20-2)12(17)16-10-13-11(14-16)22(18,19)9-8-21-3/h10H,4-9H2,1-3H3. The van der Waals surface area contributed by atoms with Crippen LogP contribution in [0.5, 0.6) is 0 Å². The van der Waals surface area contributed by atoms with Gasteiger partial charge in [0.2, 0.25) is 9.84 Å². The largest absolute Gasteiger partial charge is 0.385 e. The molecule has 0 atom stereocenters. The zero-order valence-corrected chi connectivity index (χ0v) is 13.9. The van der Waals surface area contributed by atoms with Crippen molar-refractivity contribution in [2.45, 2.75) is 18.5 Å². The number of ether oxygens (including phenoxy) is 2. The second-order valence-corrected chi connectivity index (χ2v) is 6.49. The maximum atomic E-state index is 12.3. The Morgan fingerprint density at radius 2 is 2.00 bits per heavy atom. The van der Waals surface area contributed by atoms with E-state index in [1.54, 1.807) is 12.0 Å². The van der Waals surface area contributed by atoms with Gasteiger partial charge in [-0.3, -0.25) is 0 Å². The average Bonchev–Trinajstić information content (AvgIpc) is 3.00. The minimum Gasteiger partial charge on any atom is -0.385 e. The lowest BCUT2D eigenvalue weighted by Gasteiger charge is -2.19. The van der Waals surface area contributed by atoms with Crippen molar-refractivity contribution < 1.29 is 22.7 Å². The maximum absolute atomic E-state index is 12.3. The molecule has 9 nitrogen and oxygen atoms in total. The van der Waals surface area contributed by atoms with Gasteiger partial charge in [-0.25, -0.2) is 18.2 Å². The van der Waals surface area contributed by atoms with Crippen molar-refractivity contribution in [2.24, 2.45) is 0 Å². The van der Waals surface area contributed by atoms with Crippen LogP contribution in [0.15, 0.2) is 11.5 Å². The fourth-order valence-corrected chi connectivity index (χ4v) is 2.69. The fourth-order valence-electron chi connectivity index (χ4n) is 1.70. The molecule has 0 fully saturated rings. The zero-order valence-electron chi connectivity index (χ0n) is 13.1. The summed E-state index contributed by atoms with van der Waals surface area (Å²) in [6.07, 6.45) is 1.80. The Labute approximate surface area is 130 Å². The molecule has 0 aliphatic heterocycles. The van der Waals surface area contributed by atoms with Gasteiger partial charge < -0.3 is 14.4 Å². The third-order valence-electron chi connectivity index (χ3n) is 2.93. The van der Waals surface area contributed by atoms with Crippen LogP contribution in [0.25, 0.3) is 0 Å². The topological polar surface area (TPSA) is 104 Å².